The Bertz CT molecular complexity index is 2050. The normalized spacial score (nSPS) is 25.4. The van der Waals surface area contributed by atoms with Gasteiger partial charge in [0.1, 0.15) is 29.4 Å². The highest BCUT2D eigenvalue weighted by Crippen LogP contribution is 2.43. The van der Waals surface area contributed by atoms with Crippen molar-refractivity contribution in [2.24, 2.45) is 28.2 Å². The van der Waals surface area contributed by atoms with Gasteiger partial charge in [0.2, 0.25) is 5.90 Å². The summed E-state index contributed by atoms with van der Waals surface area (Å²) in [5.74, 6) is -1.71. The molecule has 68 heavy (non-hydrogen) atoms. The summed E-state index contributed by atoms with van der Waals surface area (Å²) in [5, 5.41) is -0.0827. The molecule has 0 aromatic carbocycles. The van der Waals surface area contributed by atoms with Crippen LogP contribution in [0.15, 0.2) is 51.6 Å². The van der Waals surface area contributed by atoms with Crippen molar-refractivity contribution in [1.82, 2.24) is 4.98 Å². The second kappa shape index (κ2) is 23.7. The maximum Gasteiger partial charge on any atom is 0.318 e. The van der Waals surface area contributed by atoms with Crippen molar-refractivity contribution >= 4 is 38.1 Å². The monoisotopic (exact) mass is 969 g/mol. The molecular weight excluding hydrogens is 885 g/mol. The highest BCUT2D eigenvalue weighted by atomic mass is 28.4. The van der Waals surface area contributed by atoms with Gasteiger partial charge in [0.15, 0.2) is 26.6 Å². The lowest BCUT2D eigenvalue weighted by Crippen LogP contribution is -2.49. The first kappa shape index (κ1) is 56.5. The van der Waals surface area contributed by atoms with Gasteiger partial charge in [0, 0.05) is 32.8 Å². The van der Waals surface area contributed by atoms with Crippen LogP contribution in [0.5, 0.6) is 0 Å². The van der Waals surface area contributed by atoms with Crippen molar-refractivity contribution in [3.8, 4) is 0 Å². The van der Waals surface area contributed by atoms with E-state index in [9.17, 15) is 19.2 Å². The van der Waals surface area contributed by atoms with E-state index in [-0.39, 0.29) is 36.7 Å². The quantitative estimate of drug-likeness (QED) is 0.0384. The van der Waals surface area contributed by atoms with E-state index in [2.05, 4.69) is 65.7 Å². The fraction of sp³-hybridized carbons (Fsp3) is 0.717. The van der Waals surface area contributed by atoms with E-state index in [1.165, 1.54) is 12.5 Å². The molecule has 0 unspecified atom stereocenters. The second-order valence-electron chi connectivity index (χ2n) is 22.6. The maximum absolute atomic E-state index is 13.8. The summed E-state index contributed by atoms with van der Waals surface area (Å²) in [6.07, 6.45) is 4.99. The average molecular weight is 969 g/mol. The molecule has 14 nitrogen and oxygen atoms in total. The number of aliphatic imine (C=N–C) groups is 1. The molecule has 0 saturated carbocycles. The Kier molecular flexibility index (Phi) is 19.7. The molecule has 0 amide bonds. The molecule has 7 atom stereocenters. The largest absolute Gasteiger partial charge is 0.467 e. The van der Waals surface area contributed by atoms with Gasteiger partial charge in [-0.25, -0.2) is 4.99 Å². The first-order valence-corrected chi connectivity index (χ1v) is 27.5. The molecule has 1 aromatic heterocycles. The van der Waals surface area contributed by atoms with E-state index in [1.807, 2.05) is 39.0 Å². The number of hydrogen-bond acceptors (Lipinski definition) is 13. The van der Waals surface area contributed by atoms with Crippen molar-refractivity contribution in [3.63, 3.8) is 0 Å². The zero-order valence-corrected chi connectivity index (χ0v) is 45.3. The number of allylic oxidation sites excluding steroid dienone is 2. The SMILES string of the molecule is COCCC/C(C)=C1\CO[C@@H](CC(C)C)\C1=C/[C@H]1N=C(c2ccc(C/C=C(\C)[C@@H]3OC(=O)[C@](C)(CO[Si](C)(C)C(C)(C)C)[C@H]3OC(C)=O)[nH]2)O[C@@H]1COC(=O)[C@H](CC(=O)OC(C)(C)C)CC(C)C. The van der Waals surface area contributed by atoms with E-state index in [1.54, 1.807) is 34.8 Å². The zero-order valence-electron chi connectivity index (χ0n) is 44.3. The number of methoxy groups -OCH3 is 1. The molecule has 4 heterocycles. The van der Waals surface area contributed by atoms with Gasteiger partial charge in [-0.3, -0.25) is 19.2 Å². The number of ether oxygens (including phenoxy) is 7. The minimum Gasteiger partial charge on any atom is -0.467 e. The highest BCUT2D eigenvalue weighted by Gasteiger charge is 2.58. The first-order valence-electron chi connectivity index (χ1n) is 24.6. The molecule has 3 aliphatic heterocycles. The first-order chi connectivity index (χ1) is 31.5. The molecule has 0 bridgehead atoms. The standard InChI is InChI=1S/C53H84N2O12Si/c1-32(2)25-37(27-45(57)67-51(8,9)10)49(58)62-30-44-42(28-39-40(34(5)19-18-24-60-15)29-61-43(39)26-33(3)4)55-48(65-44)41-23-22-38(54-41)21-20-35(6)46-47(64-36(7)56)53(14,50(59)66-46)31-63-68(16,17)52(11,12)13/h20,22-23,28,32-33,37,42-44,46-47,54H,18-19,21,24-27,29-31H2,1-17H3/b35-20+,39-28-,40-34+/t37-,42+,43-,44+,46-,47-,53+/m0/s1. The third-order valence-corrected chi connectivity index (χ3v) is 17.8. The van der Waals surface area contributed by atoms with Crippen molar-refractivity contribution < 1.29 is 56.8 Å². The predicted octanol–water partition coefficient (Wildman–Crippen LogP) is 9.95. The lowest BCUT2D eigenvalue weighted by molar-refractivity contribution is -0.163. The Balaban J connectivity index is 1.64. The number of carbonyl (C=O) groups is 4. The molecule has 2 saturated heterocycles. The third kappa shape index (κ3) is 15.5. The summed E-state index contributed by atoms with van der Waals surface area (Å²) in [4.78, 5) is 61.3. The Morgan fingerprint density at radius 2 is 1.71 bits per heavy atom. The number of aromatic nitrogens is 1. The summed E-state index contributed by atoms with van der Waals surface area (Å²) in [5.41, 5.74) is 3.79. The van der Waals surface area contributed by atoms with Crippen LogP contribution in [0, 0.1) is 23.2 Å². The summed E-state index contributed by atoms with van der Waals surface area (Å²) >= 11 is 0. The summed E-state index contributed by atoms with van der Waals surface area (Å²) in [6.45, 7) is 32.6. The van der Waals surface area contributed by atoms with Gasteiger partial charge >= 0.3 is 23.9 Å². The molecule has 15 heteroatoms. The van der Waals surface area contributed by atoms with Gasteiger partial charge < -0.3 is 42.6 Å². The van der Waals surface area contributed by atoms with Crippen LogP contribution in [-0.2, 0) is 63.2 Å². The number of esters is 4. The fourth-order valence-corrected chi connectivity index (χ4v) is 9.46. The van der Waals surface area contributed by atoms with Crippen LogP contribution >= 0.6 is 0 Å². The molecule has 2 fully saturated rings. The molecule has 0 radical (unpaired) electrons. The topological polar surface area (TPSA) is 170 Å². The van der Waals surface area contributed by atoms with E-state index >= 15 is 0 Å². The number of aromatic amines is 1. The minimum absolute atomic E-state index is 0.0750. The number of hydrogen-bond donors (Lipinski definition) is 1. The Labute approximate surface area is 407 Å². The van der Waals surface area contributed by atoms with Crippen molar-refractivity contribution in [3.05, 3.63) is 58.0 Å². The molecule has 0 spiro atoms. The van der Waals surface area contributed by atoms with Crippen LogP contribution in [-0.4, -0.2) is 113 Å². The number of nitrogens with one attached hydrogen (secondary N) is 1. The Morgan fingerprint density at radius 1 is 1.01 bits per heavy atom. The average Bonchev–Trinajstić information content (AvgIpc) is 4.00. The van der Waals surface area contributed by atoms with Gasteiger partial charge in [-0.15, -0.1) is 0 Å². The molecule has 4 rings (SSSR count). The van der Waals surface area contributed by atoms with Crippen LogP contribution in [0.2, 0.25) is 18.1 Å². The summed E-state index contributed by atoms with van der Waals surface area (Å²) < 4.78 is 48.3. The molecule has 1 aromatic rings. The molecular formula is C53H84N2O12Si. The molecule has 1 N–H and O–H groups in total. The minimum atomic E-state index is -2.25. The number of carbonyl (C=O) groups excluding carboxylic acids is 4. The van der Waals surface area contributed by atoms with Gasteiger partial charge in [-0.1, -0.05) is 60.1 Å². The molecule has 3 aliphatic rings. The third-order valence-electron chi connectivity index (χ3n) is 13.3. The second-order valence-corrected chi connectivity index (χ2v) is 27.4. The summed E-state index contributed by atoms with van der Waals surface area (Å²) in [7, 11) is -0.540. The Hall–Kier alpha value is -4.05. The van der Waals surface area contributed by atoms with E-state index < -0.39 is 73.5 Å². The van der Waals surface area contributed by atoms with E-state index in [0.29, 0.717) is 43.6 Å². The van der Waals surface area contributed by atoms with Crippen molar-refractivity contribution in [1.29, 1.82) is 0 Å². The van der Waals surface area contributed by atoms with Crippen LogP contribution < -0.4 is 0 Å². The van der Waals surface area contributed by atoms with Crippen LogP contribution in [0.25, 0.3) is 0 Å². The number of rotatable bonds is 22. The van der Waals surface area contributed by atoms with Crippen LogP contribution in [0.3, 0.4) is 0 Å². The van der Waals surface area contributed by atoms with Crippen molar-refractivity contribution in [2.75, 3.05) is 33.5 Å². The smallest absolute Gasteiger partial charge is 0.318 e. The van der Waals surface area contributed by atoms with Crippen LogP contribution in [0.1, 0.15) is 140 Å². The lowest BCUT2D eigenvalue weighted by Gasteiger charge is -2.39. The highest BCUT2D eigenvalue weighted by molar-refractivity contribution is 6.74. The fourth-order valence-electron chi connectivity index (χ4n) is 8.36. The zero-order chi connectivity index (χ0) is 50.9. The van der Waals surface area contributed by atoms with E-state index in [4.69, 9.17) is 42.6 Å². The Morgan fingerprint density at radius 3 is 2.31 bits per heavy atom. The number of H-pyrrole nitrogens is 1. The lowest BCUT2D eigenvalue weighted by atomic mass is 9.83. The van der Waals surface area contributed by atoms with Gasteiger partial charge in [-0.05, 0) is 132 Å². The van der Waals surface area contributed by atoms with Gasteiger partial charge in [-0.2, -0.15) is 0 Å². The van der Waals surface area contributed by atoms with Gasteiger partial charge in [0.05, 0.1) is 31.7 Å². The maximum atomic E-state index is 13.8. The van der Waals surface area contributed by atoms with E-state index in [0.717, 1.165) is 41.7 Å². The predicted molar refractivity (Wildman–Crippen MR) is 266 cm³/mol. The van der Waals surface area contributed by atoms with Crippen LogP contribution in [0.4, 0.5) is 0 Å². The van der Waals surface area contributed by atoms with Gasteiger partial charge in [0.25, 0.3) is 0 Å². The number of nitrogens with zero attached hydrogens (tertiary/aromatic N) is 1. The van der Waals surface area contributed by atoms with Crippen molar-refractivity contribution in [2.45, 2.75) is 190 Å². The number of cyclic esters (lactones) is 1. The molecule has 0 aliphatic carbocycles. The molecule has 382 valence electrons. The summed E-state index contributed by atoms with van der Waals surface area (Å²) in [6, 6.07) is 3.31.